The lowest BCUT2D eigenvalue weighted by Gasteiger charge is -1.97. The zero-order chi connectivity index (χ0) is 9.30. The molecule has 0 radical (unpaired) electrons. The number of hydrogen-bond acceptors (Lipinski definition) is 2. The Bertz CT molecular complexity index is 343. The second-order valence-electron chi connectivity index (χ2n) is 1.95. The summed E-state index contributed by atoms with van der Waals surface area (Å²) in [7, 11) is 0. The summed E-state index contributed by atoms with van der Waals surface area (Å²) in [6.07, 6.45) is 0. The van der Waals surface area contributed by atoms with Crippen LogP contribution >= 0.6 is 31.9 Å². The summed E-state index contributed by atoms with van der Waals surface area (Å²) >= 11 is 5.73. The highest BCUT2D eigenvalue weighted by atomic mass is 79.9. The number of rotatable bonds is 1. The van der Waals surface area contributed by atoms with E-state index in [0.29, 0.717) is 0 Å². The number of hydrogen-bond donors (Lipinski definition) is 0. The van der Waals surface area contributed by atoms with Crippen LogP contribution in [-0.2, 0) is 0 Å². The molecule has 0 amide bonds. The second-order valence-corrected chi connectivity index (χ2v) is 3.66. The largest absolute Gasteiger partial charge is 0.320 e. The molecule has 0 aliphatic carbocycles. The minimum atomic E-state index is -0.866. The first kappa shape index (κ1) is 9.60. The minimum Gasteiger partial charge on any atom is -0.258 e. The van der Waals surface area contributed by atoms with Crippen molar-refractivity contribution in [3.8, 4) is 0 Å². The lowest BCUT2D eigenvalue weighted by Crippen LogP contribution is -1.94. The van der Waals surface area contributed by atoms with Gasteiger partial charge in [-0.25, -0.2) is 0 Å². The van der Waals surface area contributed by atoms with Crippen LogP contribution in [0, 0.1) is 15.9 Å². The molecule has 0 atom stereocenters. The van der Waals surface area contributed by atoms with Crippen molar-refractivity contribution in [1.29, 1.82) is 0 Å². The van der Waals surface area contributed by atoms with Gasteiger partial charge in [-0.05, 0) is 44.0 Å². The van der Waals surface area contributed by atoms with Gasteiger partial charge >= 0.3 is 5.69 Å². The average Bonchev–Trinajstić information content (AvgIpc) is 1.97. The van der Waals surface area contributed by atoms with Crippen LogP contribution in [0.25, 0.3) is 0 Å². The van der Waals surface area contributed by atoms with Crippen LogP contribution in [-0.4, -0.2) is 4.92 Å². The van der Waals surface area contributed by atoms with Gasteiger partial charge in [0, 0.05) is 0 Å². The first-order chi connectivity index (χ1) is 5.54. The zero-order valence-corrected chi connectivity index (χ0v) is 8.72. The summed E-state index contributed by atoms with van der Waals surface area (Å²) in [5.41, 5.74) is -0.552. The van der Waals surface area contributed by atoms with Gasteiger partial charge in [-0.1, -0.05) is 0 Å². The van der Waals surface area contributed by atoms with Crippen molar-refractivity contribution in [3.63, 3.8) is 0 Å². The van der Waals surface area contributed by atoms with Gasteiger partial charge < -0.3 is 0 Å². The number of nitro groups is 1. The van der Waals surface area contributed by atoms with Crippen molar-refractivity contribution >= 4 is 37.5 Å². The third-order valence-corrected chi connectivity index (χ3v) is 2.45. The van der Waals surface area contributed by atoms with Gasteiger partial charge in [0.1, 0.15) is 0 Å². The Morgan fingerprint density at radius 3 is 2.25 bits per heavy atom. The molecule has 0 aliphatic heterocycles. The molecule has 0 saturated carbocycles. The summed E-state index contributed by atoms with van der Waals surface area (Å²) in [6, 6.07) is 2.80. The quantitative estimate of drug-likeness (QED) is 0.454. The van der Waals surface area contributed by atoms with E-state index in [1.807, 2.05) is 0 Å². The van der Waals surface area contributed by atoms with E-state index in [4.69, 9.17) is 0 Å². The van der Waals surface area contributed by atoms with Crippen LogP contribution in [0.3, 0.4) is 0 Å². The third-order valence-electron chi connectivity index (χ3n) is 1.20. The van der Waals surface area contributed by atoms with Gasteiger partial charge in [0.05, 0.1) is 13.9 Å². The summed E-state index contributed by atoms with van der Waals surface area (Å²) in [6.45, 7) is 0. The van der Waals surface area contributed by atoms with Crippen LogP contribution in [0.5, 0.6) is 0 Å². The molecule has 0 bridgehead atoms. The van der Waals surface area contributed by atoms with E-state index < -0.39 is 16.4 Å². The van der Waals surface area contributed by atoms with Gasteiger partial charge in [-0.3, -0.25) is 10.1 Å². The Morgan fingerprint density at radius 2 is 1.83 bits per heavy atom. The Hall–Kier alpha value is -0.490. The van der Waals surface area contributed by atoms with E-state index in [2.05, 4.69) is 31.9 Å². The number of benzene rings is 1. The lowest BCUT2D eigenvalue weighted by molar-refractivity contribution is -0.388. The van der Waals surface area contributed by atoms with Gasteiger partial charge in [0.15, 0.2) is 0 Å². The molecule has 1 rings (SSSR count). The second kappa shape index (κ2) is 3.49. The van der Waals surface area contributed by atoms with Crippen molar-refractivity contribution in [3.05, 3.63) is 37.0 Å². The van der Waals surface area contributed by atoms with Crippen LogP contribution in [0.2, 0.25) is 0 Å². The average molecular weight is 299 g/mol. The van der Waals surface area contributed by atoms with Crippen molar-refractivity contribution in [2.75, 3.05) is 0 Å². The van der Waals surface area contributed by atoms with Crippen LogP contribution < -0.4 is 0 Å². The number of nitro benzene ring substituents is 1. The lowest BCUT2D eigenvalue weighted by atomic mass is 10.3. The highest BCUT2D eigenvalue weighted by Gasteiger charge is 2.20. The Balaban J connectivity index is 3.43. The molecule has 1 aromatic carbocycles. The van der Waals surface area contributed by atoms with E-state index in [-0.39, 0.29) is 8.95 Å². The molecule has 12 heavy (non-hydrogen) atoms. The first-order valence-electron chi connectivity index (χ1n) is 2.82. The van der Waals surface area contributed by atoms with Crippen molar-refractivity contribution in [2.24, 2.45) is 0 Å². The molecule has 1 aromatic rings. The van der Waals surface area contributed by atoms with Crippen LogP contribution in [0.1, 0.15) is 0 Å². The van der Waals surface area contributed by atoms with Gasteiger partial charge in [-0.15, -0.1) is 0 Å². The Kier molecular flexibility index (Phi) is 2.79. The van der Waals surface area contributed by atoms with Crippen molar-refractivity contribution in [1.82, 2.24) is 0 Å². The molecule has 0 aromatic heterocycles. The molecule has 0 N–H and O–H groups in total. The molecule has 6 heteroatoms. The van der Waals surface area contributed by atoms with Gasteiger partial charge in [-0.2, -0.15) is 4.39 Å². The van der Waals surface area contributed by atoms with E-state index in [1.165, 1.54) is 12.1 Å². The smallest absolute Gasteiger partial charge is 0.258 e. The first-order valence-corrected chi connectivity index (χ1v) is 4.40. The van der Waals surface area contributed by atoms with Gasteiger partial charge in [0.25, 0.3) is 0 Å². The Labute approximate surface area is 84.0 Å². The Morgan fingerprint density at radius 1 is 1.33 bits per heavy atom. The summed E-state index contributed by atoms with van der Waals surface area (Å²) in [5, 5.41) is 10.3. The third kappa shape index (κ3) is 1.64. The topological polar surface area (TPSA) is 43.1 Å². The number of nitrogens with zero attached hydrogens (tertiary/aromatic N) is 1. The monoisotopic (exact) mass is 297 g/mol. The molecule has 0 spiro atoms. The molecular weight excluding hydrogens is 297 g/mol. The molecule has 0 unspecified atom stereocenters. The molecule has 0 saturated heterocycles. The van der Waals surface area contributed by atoms with E-state index in [1.54, 1.807) is 0 Å². The summed E-state index contributed by atoms with van der Waals surface area (Å²) < 4.78 is 13.2. The standard InChI is InChI=1S/C6H2Br2FNO2/c7-3-1-2-4(8)6(5(3)9)10(11)12/h1-2H. The summed E-state index contributed by atoms with van der Waals surface area (Å²) in [5.74, 6) is -0.866. The molecular formula is C6H2Br2FNO2. The van der Waals surface area contributed by atoms with Crippen molar-refractivity contribution < 1.29 is 9.31 Å². The zero-order valence-electron chi connectivity index (χ0n) is 5.55. The number of halogens is 3. The molecule has 0 fully saturated rings. The fraction of sp³-hybridized carbons (Fsp3) is 0. The SMILES string of the molecule is O=[N+]([O-])c1c(Br)ccc(Br)c1F. The van der Waals surface area contributed by atoms with E-state index >= 15 is 0 Å². The fourth-order valence-corrected chi connectivity index (χ4v) is 1.45. The summed E-state index contributed by atoms with van der Waals surface area (Å²) in [4.78, 5) is 9.54. The molecule has 0 heterocycles. The van der Waals surface area contributed by atoms with E-state index in [0.717, 1.165) is 0 Å². The molecule has 64 valence electrons. The molecule has 3 nitrogen and oxygen atoms in total. The maximum Gasteiger partial charge on any atom is 0.320 e. The van der Waals surface area contributed by atoms with Gasteiger partial charge in [0.2, 0.25) is 5.82 Å². The van der Waals surface area contributed by atoms with Crippen molar-refractivity contribution in [2.45, 2.75) is 0 Å². The van der Waals surface area contributed by atoms with Crippen LogP contribution in [0.15, 0.2) is 21.1 Å². The molecule has 0 aliphatic rings. The fourth-order valence-electron chi connectivity index (χ4n) is 0.684. The predicted molar refractivity (Wildman–Crippen MR) is 48.5 cm³/mol. The minimum absolute atomic E-state index is 0.0809. The maximum absolute atomic E-state index is 13.0. The maximum atomic E-state index is 13.0. The van der Waals surface area contributed by atoms with Crippen LogP contribution in [0.4, 0.5) is 10.1 Å². The highest BCUT2D eigenvalue weighted by molar-refractivity contribution is 9.11. The highest BCUT2D eigenvalue weighted by Crippen LogP contribution is 2.32. The van der Waals surface area contributed by atoms with E-state index in [9.17, 15) is 14.5 Å². The normalized spacial score (nSPS) is 9.92. The predicted octanol–water partition coefficient (Wildman–Crippen LogP) is 3.26.